The van der Waals surface area contributed by atoms with Gasteiger partial charge < -0.3 is 9.42 Å². The van der Waals surface area contributed by atoms with Gasteiger partial charge in [0.15, 0.2) is 5.69 Å². The monoisotopic (exact) mass is 339 g/mol. The minimum atomic E-state index is -0.401. The number of nitrogens with zero attached hydrogens (tertiary/aromatic N) is 3. The largest absolute Gasteiger partial charge is 0.364 e. The average molecular weight is 339 g/mol. The van der Waals surface area contributed by atoms with Crippen LogP contribution in [0.3, 0.4) is 0 Å². The van der Waals surface area contributed by atoms with Gasteiger partial charge in [-0.2, -0.15) is 0 Å². The Morgan fingerprint density at radius 1 is 1.28 bits per heavy atom. The number of pyridine rings is 1. The number of aromatic nitrogens is 2. The zero-order valence-electron chi connectivity index (χ0n) is 14.0. The van der Waals surface area contributed by atoms with E-state index in [1.807, 2.05) is 19.1 Å². The third kappa shape index (κ3) is 3.42. The van der Waals surface area contributed by atoms with Gasteiger partial charge in [-0.25, -0.2) is 4.39 Å². The van der Waals surface area contributed by atoms with Gasteiger partial charge in [-0.15, -0.1) is 0 Å². The van der Waals surface area contributed by atoms with E-state index >= 15 is 0 Å². The van der Waals surface area contributed by atoms with E-state index in [0.29, 0.717) is 12.1 Å². The highest BCUT2D eigenvalue weighted by Gasteiger charge is 2.28. The van der Waals surface area contributed by atoms with Crippen molar-refractivity contribution in [2.24, 2.45) is 0 Å². The molecule has 0 aliphatic heterocycles. The lowest BCUT2D eigenvalue weighted by Crippen LogP contribution is -2.35. The van der Waals surface area contributed by atoms with Gasteiger partial charge in [-0.1, -0.05) is 23.4 Å². The summed E-state index contributed by atoms with van der Waals surface area (Å²) in [6.45, 7) is 4.04. The van der Waals surface area contributed by atoms with Gasteiger partial charge in [0.05, 0.1) is 6.04 Å². The van der Waals surface area contributed by atoms with E-state index in [-0.39, 0.29) is 17.4 Å². The molecule has 2 aromatic heterocycles. The van der Waals surface area contributed by atoms with E-state index in [4.69, 9.17) is 4.52 Å². The van der Waals surface area contributed by atoms with Crippen LogP contribution in [0.1, 0.15) is 40.1 Å². The number of carbonyl (C=O) groups is 1. The van der Waals surface area contributed by atoms with Gasteiger partial charge in [0.1, 0.15) is 12.1 Å². The van der Waals surface area contributed by atoms with Crippen LogP contribution in [0, 0.1) is 12.7 Å². The molecule has 0 saturated carbocycles. The zero-order chi connectivity index (χ0) is 17.8. The predicted molar refractivity (Wildman–Crippen MR) is 90.4 cm³/mol. The fourth-order valence-corrected chi connectivity index (χ4v) is 2.84. The smallest absolute Gasteiger partial charge is 0.276 e. The Morgan fingerprint density at radius 2 is 2.12 bits per heavy atom. The summed E-state index contributed by atoms with van der Waals surface area (Å²) in [5, 5.41) is 3.74. The van der Waals surface area contributed by atoms with Gasteiger partial charge in [0.25, 0.3) is 5.91 Å². The molecule has 0 unspecified atom stereocenters. The van der Waals surface area contributed by atoms with Crippen molar-refractivity contribution in [1.82, 2.24) is 15.0 Å². The first-order valence-electron chi connectivity index (χ1n) is 7.99. The standard InChI is InChI=1S/C19H18FN3O2/c1-3-23(19(24)17-8-10-25-22-17)18(15-5-4-9-21-12-15)14-6-7-16(20)13(2)11-14/h4-12,18H,3H2,1-2H3/t18-/m1/s1. The summed E-state index contributed by atoms with van der Waals surface area (Å²) in [6, 6.07) is 9.71. The number of benzene rings is 1. The third-order valence-corrected chi connectivity index (χ3v) is 4.07. The minimum Gasteiger partial charge on any atom is -0.364 e. The number of carbonyl (C=O) groups excluding carboxylic acids is 1. The van der Waals surface area contributed by atoms with Crippen molar-refractivity contribution < 1.29 is 13.7 Å². The molecule has 1 amide bonds. The Balaban J connectivity index is 2.09. The number of rotatable bonds is 5. The van der Waals surface area contributed by atoms with Gasteiger partial charge in [0.2, 0.25) is 0 Å². The first-order valence-corrected chi connectivity index (χ1v) is 7.99. The van der Waals surface area contributed by atoms with Crippen molar-refractivity contribution in [2.75, 3.05) is 6.54 Å². The highest BCUT2D eigenvalue weighted by atomic mass is 19.1. The lowest BCUT2D eigenvalue weighted by Gasteiger charge is -2.31. The fraction of sp³-hybridized carbons (Fsp3) is 0.211. The second-order valence-corrected chi connectivity index (χ2v) is 5.67. The van der Waals surface area contributed by atoms with Crippen molar-refractivity contribution in [2.45, 2.75) is 19.9 Å². The molecule has 0 aliphatic carbocycles. The summed E-state index contributed by atoms with van der Waals surface area (Å²) < 4.78 is 18.5. The highest BCUT2D eigenvalue weighted by molar-refractivity contribution is 5.92. The van der Waals surface area contributed by atoms with E-state index in [1.165, 1.54) is 18.4 Å². The molecule has 1 aromatic carbocycles. The summed E-state index contributed by atoms with van der Waals surface area (Å²) in [6.07, 6.45) is 4.75. The van der Waals surface area contributed by atoms with Crippen LogP contribution in [0.2, 0.25) is 0 Å². The topological polar surface area (TPSA) is 59.2 Å². The van der Waals surface area contributed by atoms with E-state index in [0.717, 1.165) is 11.1 Å². The fourth-order valence-electron chi connectivity index (χ4n) is 2.84. The molecule has 0 saturated heterocycles. The SMILES string of the molecule is CCN(C(=O)c1ccon1)[C@@H](c1cccnc1)c1ccc(F)c(C)c1. The molecule has 0 radical (unpaired) electrons. The molecular weight excluding hydrogens is 321 g/mol. The molecule has 25 heavy (non-hydrogen) atoms. The molecule has 0 fully saturated rings. The number of hydrogen-bond acceptors (Lipinski definition) is 4. The van der Waals surface area contributed by atoms with E-state index in [2.05, 4.69) is 10.1 Å². The van der Waals surface area contributed by atoms with Crippen LogP contribution in [-0.2, 0) is 0 Å². The summed E-state index contributed by atoms with van der Waals surface area (Å²) in [4.78, 5) is 18.7. The van der Waals surface area contributed by atoms with E-state index < -0.39 is 6.04 Å². The molecule has 3 aromatic rings. The molecule has 0 aliphatic rings. The zero-order valence-corrected chi connectivity index (χ0v) is 14.0. The van der Waals surface area contributed by atoms with E-state index in [1.54, 1.807) is 36.4 Å². The first-order chi connectivity index (χ1) is 12.1. The van der Waals surface area contributed by atoms with Crippen molar-refractivity contribution in [1.29, 1.82) is 0 Å². The van der Waals surface area contributed by atoms with Gasteiger partial charge in [0, 0.05) is 25.0 Å². The van der Waals surface area contributed by atoms with Crippen molar-refractivity contribution in [3.05, 3.63) is 83.3 Å². The second-order valence-electron chi connectivity index (χ2n) is 5.67. The molecule has 0 spiro atoms. The molecule has 5 nitrogen and oxygen atoms in total. The van der Waals surface area contributed by atoms with E-state index in [9.17, 15) is 9.18 Å². The Hall–Kier alpha value is -3.02. The third-order valence-electron chi connectivity index (χ3n) is 4.07. The predicted octanol–water partition coefficient (Wildman–Crippen LogP) is 3.77. The number of aryl methyl sites for hydroxylation is 1. The molecule has 3 rings (SSSR count). The Labute approximate surface area is 145 Å². The Bertz CT molecular complexity index is 850. The second kappa shape index (κ2) is 7.25. The molecular formula is C19H18FN3O2. The summed E-state index contributed by atoms with van der Waals surface area (Å²) >= 11 is 0. The van der Waals surface area contributed by atoms with Gasteiger partial charge in [-0.3, -0.25) is 9.78 Å². The molecule has 0 bridgehead atoms. The van der Waals surface area contributed by atoms with Gasteiger partial charge in [-0.05, 0) is 42.7 Å². The molecule has 128 valence electrons. The quantitative estimate of drug-likeness (QED) is 0.710. The van der Waals surface area contributed by atoms with Crippen LogP contribution in [0.4, 0.5) is 4.39 Å². The lowest BCUT2D eigenvalue weighted by atomic mass is 9.96. The first kappa shape index (κ1) is 16.8. The maximum atomic E-state index is 13.7. The van der Waals surface area contributed by atoms with Crippen LogP contribution in [0.25, 0.3) is 0 Å². The summed E-state index contributed by atoms with van der Waals surface area (Å²) in [5.41, 5.74) is 2.41. The Morgan fingerprint density at radius 3 is 2.72 bits per heavy atom. The van der Waals surface area contributed by atoms with Crippen LogP contribution in [0.5, 0.6) is 0 Å². The number of amides is 1. The normalized spacial score (nSPS) is 12.0. The molecule has 2 heterocycles. The maximum Gasteiger partial charge on any atom is 0.276 e. The number of hydrogen-bond donors (Lipinski definition) is 0. The molecule has 0 N–H and O–H groups in total. The summed E-state index contributed by atoms with van der Waals surface area (Å²) in [7, 11) is 0. The summed E-state index contributed by atoms with van der Waals surface area (Å²) in [5.74, 6) is -0.536. The van der Waals surface area contributed by atoms with Crippen LogP contribution in [-0.4, -0.2) is 27.5 Å². The van der Waals surface area contributed by atoms with Crippen molar-refractivity contribution in [3.8, 4) is 0 Å². The molecule has 1 atom stereocenters. The van der Waals surface area contributed by atoms with Crippen LogP contribution >= 0.6 is 0 Å². The van der Waals surface area contributed by atoms with Crippen LogP contribution < -0.4 is 0 Å². The highest BCUT2D eigenvalue weighted by Crippen LogP contribution is 2.30. The average Bonchev–Trinajstić information content (AvgIpc) is 3.17. The van der Waals surface area contributed by atoms with Gasteiger partial charge >= 0.3 is 0 Å². The van der Waals surface area contributed by atoms with Crippen molar-refractivity contribution in [3.63, 3.8) is 0 Å². The van der Waals surface area contributed by atoms with Crippen molar-refractivity contribution >= 4 is 5.91 Å². The van der Waals surface area contributed by atoms with Crippen LogP contribution in [0.15, 0.2) is 59.6 Å². The Kier molecular flexibility index (Phi) is 4.88. The molecule has 6 heteroatoms. The number of halogens is 1. The maximum absolute atomic E-state index is 13.7. The minimum absolute atomic E-state index is 0.231. The lowest BCUT2D eigenvalue weighted by molar-refractivity contribution is 0.0706.